The second-order valence-electron chi connectivity index (χ2n) is 5.38. The van der Waals surface area contributed by atoms with Crippen molar-refractivity contribution in [2.45, 2.75) is 0 Å². The van der Waals surface area contributed by atoms with E-state index in [4.69, 9.17) is 0 Å². The molecule has 0 bridgehead atoms. The highest BCUT2D eigenvalue weighted by molar-refractivity contribution is 6.16. The molecule has 0 atom stereocenters. The average molecular weight is 315 g/mol. The van der Waals surface area contributed by atoms with Gasteiger partial charge in [-0.05, 0) is 23.8 Å². The maximum absolute atomic E-state index is 11.3. The van der Waals surface area contributed by atoms with Crippen LogP contribution < -0.4 is 0 Å². The van der Waals surface area contributed by atoms with E-state index in [0.717, 1.165) is 34.3 Å². The van der Waals surface area contributed by atoms with Crippen LogP contribution in [0.2, 0.25) is 0 Å². The number of aldehydes is 1. The molecule has 3 nitrogen and oxygen atoms in total. The number of carbonyl (C=O) groups is 1. The Hall–Kier alpha value is -3.20. The summed E-state index contributed by atoms with van der Waals surface area (Å²) < 4.78 is 0. The molecule has 0 saturated carbocycles. The lowest BCUT2D eigenvalue weighted by atomic mass is 9.94. The van der Waals surface area contributed by atoms with Gasteiger partial charge in [0.25, 0.3) is 0 Å². The predicted molar refractivity (Wildman–Crippen MR) is 96.9 cm³/mol. The Morgan fingerprint density at radius 1 is 0.958 bits per heavy atom. The molecule has 3 heteroatoms. The second kappa shape index (κ2) is 6.92. The van der Waals surface area contributed by atoms with Gasteiger partial charge in [-0.15, -0.1) is 0 Å². The number of carbonyl (C=O) groups excluding carboxylic acids is 1. The fraction of sp³-hybridized carbons (Fsp3) is 0.0476. The van der Waals surface area contributed by atoms with Crippen LogP contribution in [0.4, 0.5) is 0 Å². The fourth-order valence-corrected chi connectivity index (χ4v) is 2.75. The Labute approximate surface area is 140 Å². The Morgan fingerprint density at radius 3 is 2.38 bits per heavy atom. The van der Waals surface area contributed by atoms with Gasteiger partial charge in [-0.2, -0.15) is 0 Å². The van der Waals surface area contributed by atoms with E-state index in [2.05, 4.69) is 4.99 Å². The Kier molecular flexibility index (Phi) is 4.52. The Bertz CT molecular complexity index is 899. The minimum Gasteiger partial charge on any atom is -0.507 e. The first-order valence-corrected chi connectivity index (χ1v) is 7.64. The van der Waals surface area contributed by atoms with Crippen LogP contribution in [-0.2, 0) is 0 Å². The summed E-state index contributed by atoms with van der Waals surface area (Å²) >= 11 is 0. The van der Waals surface area contributed by atoms with Gasteiger partial charge in [0.05, 0.1) is 5.71 Å². The third kappa shape index (κ3) is 2.97. The van der Waals surface area contributed by atoms with Gasteiger partial charge in [0.15, 0.2) is 6.29 Å². The first-order chi connectivity index (χ1) is 11.7. The van der Waals surface area contributed by atoms with Gasteiger partial charge in [-0.3, -0.25) is 9.79 Å². The average Bonchev–Trinajstić information content (AvgIpc) is 2.64. The largest absolute Gasteiger partial charge is 0.507 e. The number of phenols is 1. The number of hydrogen-bond donors (Lipinski definition) is 1. The van der Waals surface area contributed by atoms with E-state index in [1.165, 1.54) is 0 Å². The van der Waals surface area contributed by atoms with Gasteiger partial charge in [0, 0.05) is 29.3 Å². The Balaban J connectivity index is 2.14. The van der Waals surface area contributed by atoms with Crippen LogP contribution in [-0.4, -0.2) is 24.2 Å². The molecule has 0 aliphatic carbocycles. The molecule has 0 radical (unpaired) electrons. The number of nitrogens with zero attached hydrogens (tertiary/aromatic N) is 1. The maximum Gasteiger partial charge on any atom is 0.150 e. The van der Waals surface area contributed by atoms with Crippen molar-refractivity contribution >= 4 is 12.0 Å². The molecule has 0 aliphatic heterocycles. The SMILES string of the molecule is CN=C(c1ccc(O)c(-c2ccccc2)c1)c1ccccc1C=O. The molecule has 0 saturated heterocycles. The van der Waals surface area contributed by atoms with Crippen molar-refractivity contribution in [3.63, 3.8) is 0 Å². The third-order valence-electron chi connectivity index (χ3n) is 3.92. The van der Waals surface area contributed by atoms with Gasteiger partial charge in [-0.25, -0.2) is 0 Å². The summed E-state index contributed by atoms with van der Waals surface area (Å²) in [6, 6.07) is 22.4. The number of benzene rings is 3. The monoisotopic (exact) mass is 315 g/mol. The molecule has 0 fully saturated rings. The molecule has 0 unspecified atom stereocenters. The molecule has 3 rings (SSSR count). The minimum absolute atomic E-state index is 0.212. The van der Waals surface area contributed by atoms with Crippen molar-refractivity contribution in [2.24, 2.45) is 4.99 Å². The summed E-state index contributed by atoms with van der Waals surface area (Å²) in [5.74, 6) is 0.212. The molecule has 118 valence electrons. The van der Waals surface area contributed by atoms with E-state index in [-0.39, 0.29) is 5.75 Å². The zero-order valence-corrected chi connectivity index (χ0v) is 13.3. The van der Waals surface area contributed by atoms with E-state index in [1.807, 2.05) is 60.7 Å². The zero-order valence-electron chi connectivity index (χ0n) is 13.3. The minimum atomic E-state index is 0.212. The van der Waals surface area contributed by atoms with E-state index in [1.54, 1.807) is 19.2 Å². The van der Waals surface area contributed by atoms with Crippen molar-refractivity contribution in [3.05, 3.63) is 89.5 Å². The molecule has 0 spiro atoms. The molecule has 0 aromatic heterocycles. The van der Waals surface area contributed by atoms with Gasteiger partial charge >= 0.3 is 0 Å². The van der Waals surface area contributed by atoms with Crippen molar-refractivity contribution < 1.29 is 9.90 Å². The number of hydrogen-bond acceptors (Lipinski definition) is 3. The molecule has 0 heterocycles. The zero-order chi connectivity index (χ0) is 16.9. The highest BCUT2D eigenvalue weighted by Crippen LogP contribution is 2.31. The molecule has 24 heavy (non-hydrogen) atoms. The highest BCUT2D eigenvalue weighted by Gasteiger charge is 2.13. The van der Waals surface area contributed by atoms with Crippen molar-refractivity contribution in [1.29, 1.82) is 0 Å². The summed E-state index contributed by atoms with van der Waals surface area (Å²) in [6.07, 6.45) is 0.832. The fourth-order valence-electron chi connectivity index (χ4n) is 2.75. The normalized spacial score (nSPS) is 11.3. The van der Waals surface area contributed by atoms with Crippen LogP contribution in [0.5, 0.6) is 5.75 Å². The van der Waals surface area contributed by atoms with Gasteiger partial charge < -0.3 is 5.11 Å². The van der Waals surface area contributed by atoms with Crippen LogP contribution in [0.3, 0.4) is 0 Å². The van der Waals surface area contributed by atoms with Crippen LogP contribution in [0.15, 0.2) is 77.8 Å². The summed E-state index contributed by atoms with van der Waals surface area (Å²) in [7, 11) is 1.70. The number of aromatic hydroxyl groups is 1. The maximum atomic E-state index is 11.3. The van der Waals surface area contributed by atoms with Crippen LogP contribution in [0, 0.1) is 0 Å². The second-order valence-corrected chi connectivity index (χ2v) is 5.38. The summed E-state index contributed by atoms with van der Waals surface area (Å²) in [5.41, 5.74) is 4.60. The van der Waals surface area contributed by atoms with Crippen molar-refractivity contribution in [1.82, 2.24) is 0 Å². The standard InChI is InChI=1S/C21H17NO2/c1-22-21(18-10-6-5-9-17(18)14-23)16-11-12-20(24)19(13-16)15-7-3-2-4-8-15/h2-14,24H,1H3. The number of aliphatic imine (C=N–C) groups is 1. The molecule has 3 aromatic carbocycles. The first-order valence-electron chi connectivity index (χ1n) is 7.64. The highest BCUT2D eigenvalue weighted by atomic mass is 16.3. The quantitative estimate of drug-likeness (QED) is 0.575. The van der Waals surface area contributed by atoms with E-state index in [0.29, 0.717) is 5.56 Å². The van der Waals surface area contributed by atoms with Gasteiger partial charge in [0.2, 0.25) is 0 Å². The summed E-state index contributed by atoms with van der Waals surface area (Å²) in [6.45, 7) is 0. The van der Waals surface area contributed by atoms with Gasteiger partial charge in [-0.1, -0.05) is 54.6 Å². The molecule has 0 aliphatic rings. The van der Waals surface area contributed by atoms with Crippen LogP contribution in [0.1, 0.15) is 21.5 Å². The van der Waals surface area contributed by atoms with E-state index >= 15 is 0 Å². The van der Waals surface area contributed by atoms with Crippen LogP contribution in [0.25, 0.3) is 11.1 Å². The van der Waals surface area contributed by atoms with Crippen molar-refractivity contribution in [3.8, 4) is 16.9 Å². The molecule has 1 N–H and O–H groups in total. The predicted octanol–water partition coefficient (Wildman–Crippen LogP) is 4.34. The molecule has 3 aromatic rings. The molecular formula is C21H17NO2. The summed E-state index contributed by atoms with van der Waals surface area (Å²) in [5, 5.41) is 10.2. The lowest BCUT2D eigenvalue weighted by Crippen LogP contribution is -2.07. The van der Waals surface area contributed by atoms with E-state index < -0.39 is 0 Å². The van der Waals surface area contributed by atoms with Crippen LogP contribution >= 0.6 is 0 Å². The molecular weight excluding hydrogens is 298 g/mol. The smallest absolute Gasteiger partial charge is 0.150 e. The van der Waals surface area contributed by atoms with E-state index in [9.17, 15) is 9.90 Å². The lowest BCUT2D eigenvalue weighted by Gasteiger charge is -2.12. The lowest BCUT2D eigenvalue weighted by molar-refractivity contribution is 0.112. The topological polar surface area (TPSA) is 49.7 Å². The third-order valence-corrected chi connectivity index (χ3v) is 3.92. The number of phenolic OH excluding ortho intramolecular Hbond substituents is 1. The first kappa shape index (κ1) is 15.7. The molecule has 0 amide bonds. The van der Waals surface area contributed by atoms with Crippen molar-refractivity contribution in [2.75, 3.05) is 7.05 Å². The van der Waals surface area contributed by atoms with Gasteiger partial charge in [0.1, 0.15) is 5.75 Å². The summed E-state index contributed by atoms with van der Waals surface area (Å²) in [4.78, 5) is 15.7. The number of rotatable bonds is 4. The Morgan fingerprint density at radius 2 is 1.67 bits per heavy atom.